The van der Waals surface area contributed by atoms with E-state index in [9.17, 15) is 4.79 Å². The highest BCUT2D eigenvalue weighted by atomic mass is 35.5. The molecule has 1 heterocycles. The molecule has 0 fully saturated rings. The first-order chi connectivity index (χ1) is 8.60. The molecule has 0 unspecified atom stereocenters. The van der Waals surface area contributed by atoms with E-state index in [0.717, 1.165) is 16.6 Å². The highest BCUT2D eigenvalue weighted by molar-refractivity contribution is 6.37. The van der Waals surface area contributed by atoms with Gasteiger partial charge in [-0.05, 0) is 32.9 Å². The lowest BCUT2D eigenvalue weighted by Crippen LogP contribution is -2.30. The number of nitrogens with zero attached hydrogens (tertiary/aromatic N) is 1. The van der Waals surface area contributed by atoms with Gasteiger partial charge in [0.05, 0.1) is 10.6 Å². The highest BCUT2D eigenvalue weighted by Gasteiger charge is 2.21. The summed E-state index contributed by atoms with van der Waals surface area (Å²) in [6.07, 6.45) is 0. The zero-order chi connectivity index (χ0) is 13.3. The number of H-pyrrole nitrogens is 1. The van der Waals surface area contributed by atoms with E-state index in [-0.39, 0.29) is 5.91 Å². The predicted molar refractivity (Wildman–Crippen MR) is 75.3 cm³/mol. The number of halogens is 1. The molecule has 1 aromatic carbocycles. The van der Waals surface area contributed by atoms with Crippen molar-refractivity contribution >= 4 is 28.4 Å². The molecule has 2 aromatic rings. The first-order valence-electron chi connectivity index (χ1n) is 6.16. The fourth-order valence-electron chi connectivity index (χ4n) is 2.27. The average molecular weight is 265 g/mol. The molecule has 0 atom stereocenters. The maximum Gasteiger partial charge on any atom is 0.256 e. The smallest absolute Gasteiger partial charge is 0.256 e. The van der Waals surface area contributed by atoms with E-state index < -0.39 is 0 Å². The van der Waals surface area contributed by atoms with Gasteiger partial charge in [0.25, 0.3) is 5.91 Å². The van der Waals surface area contributed by atoms with Crippen LogP contribution in [0.3, 0.4) is 0 Å². The molecular formula is C14H17ClN2O. The van der Waals surface area contributed by atoms with E-state index in [4.69, 9.17) is 11.6 Å². The van der Waals surface area contributed by atoms with Crippen LogP contribution in [0.25, 0.3) is 10.9 Å². The molecule has 1 amide bonds. The molecule has 0 aliphatic carbocycles. The van der Waals surface area contributed by atoms with Gasteiger partial charge < -0.3 is 9.88 Å². The molecule has 0 saturated heterocycles. The minimum absolute atomic E-state index is 0.0388. The van der Waals surface area contributed by atoms with E-state index >= 15 is 0 Å². The van der Waals surface area contributed by atoms with Crippen molar-refractivity contribution in [3.63, 3.8) is 0 Å². The Kier molecular flexibility index (Phi) is 3.62. The summed E-state index contributed by atoms with van der Waals surface area (Å²) in [5.41, 5.74) is 2.48. The van der Waals surface area contributed by atoms with Crippen LogP contribution in [0.4, 0.5) is 0 Å². The van der Waals surface area contributed by atoms with Gasteiger partial charge in [-0.25, -0.2) is 0 Å². The number of hydrogen-bond donors (Lipinski definition) is 1. The Morgan fingerprint density at radius 2 is 2.00 bits per heavy atom. The molecular weight excluding hydrogens is 248 g/mol. The van der Waals surface area contributed by atoms with Crippen LogP contribution in [0, 0.1) is 6.92 Å². The largest absolute Gasteiger partial charge is 0.358 e. The number of nitrogens with one attached hydrogen (secondary N) is 1. The van der Waals surface area contributed by atoms with E-state index in [1.54, 1.807) is 4.90 Å². The third-order valence-electron chi connectivity index (χ3n) is 3.23. The van der Waals surface area contributed by atoms with Crippen LogP contribution in [0.5, 0.6) is 0 Å². The lowest BCUT2D eigenvalue weighted by atomic mass is 10.1. The fraction of sp³-hybridized carbons (Fsp3) is 0.357. The van der Waals surface area contributed by atoms with Crippen molar-refractivity contribution in [1.29, 1.82) is 0 Å². The SMILES string of the molecule is CCN(CC)C(=O)c1c(C)[nH]c2cccc(Cl)c12. The van der Waals surface area contributed by atoms with Gasteiger partial charge in [0.1, 0.15) is 0 Å². The molecule has 3 nitrogen and oxygen atoms in total. The zero-order valence-electron chi connectivity index (χ0n) is 10.9. The number of hydrogen-bond acceptors (Lipinski definition) is 1. The summed E-state index contributed by atoms with van der Waals surface area (Å²) in [7, 11) is 0. The summed E-state index contributed by atoms with van der Waals surface area (Å²) < 4.78 is 0. The number of aromatic nitrogens is 1. The van der Waals surface area contributed by atoms with Gasteiger partial charge in [-0.15, -0.1) is 0 Å². The van der Waals surface area contributed by atoms with Crippen molar-refractivity contribution in [3.8, 4) is 0 Å². The minimum Gasteiger partial charge on any atom is -0.358 e. The Labute approximate surface area is 112 Å². The van der Waals surface area contributed by atoms with Crippen LogP contribution >= 0.6 is 11.6 Å². The van der Waals surface area contributed by atoms with Gasteiger partial charge in [0, 0.05) is 29.7 Å². The number of fused-ring (bicyclic) bond motifs is 1. The van der Waals surface area contributed by atoms with Crippen molar-refractivity contribution in [2.24, 2.45) is 0 Å². The van der Waals surface area contributed by atoms with Crippen molar-refractivity contribution in [1.82, 2.24) is 9.88 Å². The van der Waals surface area contributed by atoms with Gasteiger partial charge in [-0.1, -0.05) is 17.7 Å². The number of carbonyl (C=O) groups is 1. The molecule has 18 heavy (non-hydrogen) atoms. The molecule has 1 aromatic heterocycles. The third kappa shape index (κ3) is 1.99. The number of carbonyl (C=O) groups excluding carboxylic acids is 1. The summed E-state index contributed by atoms with van der Waals surface area (Å²) in [4.78, 5) is 17.5. The number of benzene rings is 1. The summed E-state index contributed by atoms with van der Waals surface area (Å²) >= 11 is 6.22. The third-order valence-corrected chi connectivity index (χ3v) is 3.54. The van der Waals surface area contributed by atoms with Gasteiger partial charge in [0.2, 0.25) is 0 Å². The van der Waals surface area contributed by atoms with Crippen LogP contribution in [0.2, 0.25) is 5.02 Å². The lowest BCUT2D eigenvalue weighted by molar-refractivity contribution is 0.0774. The summed E-state index contributed by atoms with van der Waals surface area (Å²) in [5.74, 6) is 0.0388. The monoisotopic (exact) mass is 264 g/mol. The first kappa shape index (κ1) is 13.0. The van der Waals surface area contributed by atoms with Crippen molar-refractivity contribution in [3.05, 3.63) is 34.5 Å². The van der Waals surface area contributed by atoms with E-state index in [2.05, 4.69) is 4.98 Å². The van der Waals surface area contributed by atoms with Crippen molar-refractivity contribution in [2.75, 3.05) is 13.1 Å². The Balaban J connectivity index is 2.63. The summed E-state index contributed by atoms with van der Waals surface area (Å²) in [6.45, 7) is 7.27. The molecule has 0 spiro atoms. The molecule has 0 aliphatic rings. The standard InChI is InChI=1S/C14H17ClN2O/c1-4-17(5-2)14(18)12-9(3)16-11-8-6-7-10(15)13(11)12/h6-8,16H,4-5H2,1-3H3. The highest BCUT2D eigenvalue weighted by Crippen LogP contribution is 2.29. The van der Waals surface area contributed by atoms with E-state index in [0.29, 0.717) is 23.7 Å². The maximum absolute atomic E-state index is 12.5. The fourth-order valence-corrected chi connectivity index (χ4v) is 2.54. The van der Waals surface area contributed by atoms with E-state index in [1.807, 2.05) is 39.0 Å². The van der Waals surface area contributed by atoms with Crippen LogP contribution in [0.15, 0.2) is 18.2 Å². The van der Waals surface area contributed by atoms with Gasteiger partial charge >= 0.3 is 0 Å². The Morgan fingerprint density at radius 1 is 1.33 bits per heavy atom. The molecule has 0 aliphatic heterocycles. The van der Waals surface area contributed by atoms with Crippen LogP contribution in [0.1, 0.15) is 29.9 Å². The Bertz CT molecular complexity index is 585. The molecule has 4 heteroatoms. The molecule has 0 bridgehead atoms. The molecule has 96 valence electrons. The normalized spacial score (nSPS) is 10.9. The average Bonchev–Trinajstić information content (AvgIpc) is 2.68. The molecule has 1 N–H and O–H groups in total. The Hall–Kier alpha value is -1.48. The number of aryl methyl sites for hydroxylation is 1. The summed E-state index contributed by atoms with van der Waals surface area (Å²) in [5, 5.41) is 1.45. The second-order valence-corrected chi connectivity index (χ2v) is 4.67. The van der Waals surface area contributed by atoms with E-state index in [1.165, 1.54) is 0 Å². The maximum atomic E-state index is 12.5. The van der Waals surface area contributed by atoms with Gasteiger partial charge in [-0.2, -0.15) is 0 Å². The number of rotatable bonds is 3. The van der Waals surface area contributed by atoms with Gasteiger partial charge in [0.15, 0.2) is 0 Å². The van der Waals surface area contributed by atoms with Crippen LogP contribution in [-0.2, 0) is 0 Å². The number of amides is 1. The minimum atomic E-state index is 0.0388. The van der Waals surface area contributed by atoms with Gasteiger partial charge in [-0.3, -0.25) is 4.79 Å². The molecule has 2 rings (SSSR count). The first-order valence-corrected chi connectivity index (χ1v) is 6.54. The predicted octanol–water partition coefficient (Wildman–Crippen LogP) is 3.61. The summed E-state index contributed by atoms with van der Waals surface area (Å²) in [6, 6.07) is 5.63. The second-order valence-electron chi connectivity index (χ2n) is 4.26. The Morgan fingerprint density at radius 3 is 2.61 bits per heavy atom. The quantitative estimate of drug-likeness (QED) is 0.903. The molecule has 0 radical (unpaired) electrons. The second kappa shape index (κ2) is 5.02. The lowest BCUT2D eigenvalue weighted by Gasteiger charge is -2.18. The number of aromatic amines is 1. The van der Waals surface area contributed by atoms with Crippen molar-refractivity contribution < 1.29 is 4.79 Å². The van der Waals surface area contributed by atoms with Crippen LogP contribution < -0.4 is 0 Å². The molecule has 0 saturated carbocycles. The zero-order valence-corrected chi connectivity index (χ0v) is 11.6. The van der Waals surface area contributed by atoms with Crippen molar-refractivity contribution in [2.45, 2.75) is 20.8 Å². The van der Waals surface area contributed by atoms with Crippen LogP contribution in [-0.4, -0.2) is 28.9 Å². The topological polar surface area (TPSA) is 36.1 Å².